The molecule has 12 heavy (non-hydrogen) atoms. The molecule has 0 spiro atoms. The third kappa shape index (κ3) is 2.97. The molecule has 2 unspecified atom stereocenters. The van der Waals surface area contributed by atoms with Crippen molar-refractivity contribution in [3.8, 4) is 0 Å². The lowest BCUT2D eigenvalue weighted by atomic mass is 9.85. The van der Waals surface area contributed by atoms with Crippen LogP contribution >= 0.6 is 11.6 Å². The maximum atomic E-state index is 6.11. The SMILES string of the molecule is CC(Cl)C(C)C1CCCCCC1. The third-order valence-corrected chi connectivity index (χ3v) is 3.77. The topological polar surface area (TPSA) is 0 Å². The van der Waals surface area contributed by atoms with Gasteiger partial charge in [0.05, 0.1) is 0 Å². The van der Waals surface area contributed by atoms with Gasteiger partial charge in [0.2, 0.25) is 0 Å². The normalized spacial score (nSPS) is 26.2. The van der Waals surface area contributed by atoms with Crippen molar-refractivity contribution in [2.75, 3.05) is 0 Å². The first-order valence-electron chi connectivity index (χ1n) is 5.36. The maximum absolute atomic E-state index is 6.11. The second-order valence-electron chi connectivity index (χ2n) is 4.29. The smallest absolute Gasteiger partial charge is 0.0336 e. The van der Waals surface area contributed by atoms with Gasteiger partial charge in [-0.25, -0.2) is 0 Å². The lowest BCUT2D eigenvalue weighted by Crippen LogP contribution is -2.18. The van der Waals surface area contributed by atoms with Crippen LogP contribution in [0.2, 0.25) is 0 Å². The Bertz CT molecular complexity index is 112. The van der Waals surface area contributed by atoms with Gasteiger partial charge in [-0.05, 0) is 18.8 Å². The average Bonchev–Trinajstić information content (AvgIpc) is 2.30. The van der Waals surface area contributed by atoms with Gasteiger partial charge in [-0.2, -0.15) is 0 Å². The van der Waals surface area contributed by atoms with E-state index < -0.39 is 0 Å². The Morgan fingerprint density at radius 2 is 1.50 bits per heavy atom. The molecule has 0 N–H and O–H groups in total. The van der Waals surface area contributed by atoms with E-state index in [0.717, 1.165) is 5.92 Å². The summed E-state index contributed by atoms with van der Waals surface area (Å²) in [5.74, 6) is 1.62. The molecule has 0 aromatic carbocycles. The summed E-state index contributed by atoms with van der Waals surface area (Å²) in [7, 11) is 0. The number of hydrogen-bond acceptors (Lipinski definition) is 0. The summed E-state index contributed by atoms with van der Waals surface area (Å²) in [5, 5.41) is 0.355. The summed E-state index contributed by atoms with van der Waals surface area (Å²) >= 11 is 6.11. The predicted octanol–water partition coefficient (Wildman–Crippen LogP) is 4.22. The molecule has 0 aromatic rings. The molecular weight excluding hydrogens is 168 g/mol. The zero-order chi connectivity index (χ0) is 8.97. The first-order valence-corrected chi connectivity index (χ1v) is 5.79. The van der Waals surface area contributed by atoms with Gasteiger partial charge in [0.15, 0.2) is 0 Å². The van der Waals surface area contributed by atoms with E-state index in [-0.39, 0.29) is 0 Å². The summed E-state index contributed by atoms with van der Waals surface area (Å²) in [6, 6.07) is 0. The highest BCUT2D eigenvalue weighted by molar-refractivity contribution is 6.20. The Kier molecular flexibility index (Phi) is 4.42. The molecule has 1 heteroatoms. The fraction of sp³-hybridized carbons (Fsp3) is 1.00. The Balaban J connectivity index is 2.37. The molecule has 0 heterocycles. The van der Waals surface area contributed by atoms with Crippen LogP contribution in [-0.2, 0) is 0 Å². The largest absolute Gasteiger partial charge is 0.123 e. The molecule has 0 aromatic heterocycles. The summed E-state index contributed by atoms with van der Waals surface area (Å²) in [6.07, 6.45) is 8.58. The number of alkyl halides is 1. The molecule has 0 bridgehead atoms. The van der Waals surface area contributed by atoms with Gasteiger partial charge in [0, 0.05) is 5.38 Å². The minimum absolute atomic E-state index is 0.355. The van der Waals surface area contributed by atoms with E-state index in [2.05, 4.69) is 13.8 Å². The van der Waals surface area contributed by atoms with E-state index in [1.165, 1.54) is 38.5 Å². The van der Waals surface area contributed by atoms with Gasteiger partial charge in [0.1, 0.15) is 0 Å². The molecular formula is C11H21Cl. The van der Waals surface area contributed by atoms with Crippen molar-refractivity contribution < 1.29 is 0 Å². The van der Waals surface area contributed by atoms with E-state index in [4.69, 9.17) is 11.6 Å². The molecule has 0 aliphatic heterocycles. The molecule has 0 amide bonds. The van der Waals surface area contributed by atoms with Crippen LogP contribution in [0.25, 0.3) is 0 Å². The van der Waals surface area contributed by atoms with Crippen LogP contribution in [0.4, 0.5) is 0 Å². The molecule has 2 atom stereocenters. The highest BCUT2D eigenvalue weighted by atomic mass is 35.5. The summed E-state index contributed by atoms with van der Waals surface area (Å²) < 4.78 is 0. The molecule has 1 rings (SSSR count). The number of hydrogen-bond donors (Lipinski definition) is 0. The standard InChI is InChI=1S/C11H21Cl/c1-9(10(2)12)11-7-5-3-4-6-8-11/h9-11H,3-8H2,1-2H3. The molecule has 1 aliphatic rings. The van der Waals surface area contributed by atoms with Crippen molar-refractivity contribution in [2.45, 2.75) is 57.7 Å². The average molecular weight is 189 g/mol. The second kappa shape index (κ2) is 5.11. The number of halogens is 1. The minimum atomic E-state index is 0.355. The summed E-state index contributed by atoms with van der Waals surface area (Å²) in [4.78, 5) is 0. The fourth-order valence-electron chi connectivity index (χ4n) is 2.21. The zero-order valence-electron chi connectivity index (χ0n) is 8.35. The van der Waals surface area contributed by atoms with Gasteiger partial charge in [-0.15, -0.1) is 11.6 Å². The van der Waals surface area contributed by atoms with Gasteiger partial charge < -0.3 is 0 Å². The molecule has 1 saturated carbocycles. The van der Waals surface area contributed by atoms with Crippen molar-refractivity contribution in [1.82, 2.24) is 0 Å². The Morgan fingerprint density at radius 1 is 1.00 bits per heavy atom. The summed E-state index contributed by atoms with van der Waals surface area (Å²) in [5.41, 5.74) is 0. The molecule has 0 nitrogen and oxygen atoms in total. The first-order chi connectivity index (χ1) is 5.72. The number of rotatable bonds is 2. The highest BCUT2D eigenvalue weighted by Gasteiger charge is 2.21. The van der Waals surface area contributed by atoms with Crippen LogP contribution in [0.15, 0.2) is 0 Å². The monoisotopic (exact) mass is 188 g/mol. The van der Waals surface area contributed by atoms with E-state index >= 15 is 0 Å². The van der Waals surface area contributed by atoms with Crippen LogP contribution in [0.1, 0.15) is 52.4 Å². The van der Waals surface area contributed by atoms with Crippen molar-refractivity contribution in [3.05, 3.63) is 0 Å². The molecule has 1 fully saturated rings. The van der Waals surface area contributed by atoms with Gasteiger partial charge in [0.25, 0.3) is 0 Å². The van der Waals surface area contributed by atoms with E-state index in [1.54, 1.807) is 0 Å². The maximum Gasteiger partial charge on any atom is 0.0336 e. The Morgan fingerprint density at radius 3 is 1.92 bits per heavy atom. The lowest BCUT2D eigenvalue weighted by Gasteiger charge is -2.24. The summed E-state index contributed by atoms with van der Waals surface area (Å²) in [6.45, 7) is 4.45. The van der Waals surface area contributed by atoms with E-state index in [9.17, 15) is 0 Å². The van der Waals surface area contributed by atoms with Gasteiger partial charge in [-0.3, -0.25) is 0 Å². The quantitative estimate of drug-likeness (QED) is 0.450. The Labute approximate surface area is 81.7 Å². The molecule has 72 valence electrons. The third-order valence-electron chi connectivity index (χ3n) is 3.37. The van der Waals surface area contributed by atoms with E-state index in [0.29, 0.717) is 11.3 Å². The fourth-order valence-corrected chi connectivity index (χ4v) is 2.42. The lowest BCUT2D eigenvalue weighted by molar-refractivity contribution is 0.316. The van der Waals surface area contributed by atoms with Crippen molar-refractivity contribution in [1.29, 1.82) is 0 Å². The Hall–Kier alpha value is 0.290. The first kappa shape index (κ1) is 10.4. The van der Waals surface area contributed by atoms with Gasteiger partial charge >= 0.3 is 0 Å². The van der Waals surface area contributed by atoms with Crippen LogP contribution in [-0.4, -0.2) is 5.38 Å². The predicted molar refractivity (Wildman–Crippen MR) is 55.7 cm³/mol. The highest BCUT2D eigenvalue weighted by Crippen LogP contribution is 2.31. The van der Waals surface area contributed by atoms with Crippen molar-refractivity contribution in [2.24, 2.45) is 11.8 Å². The van der Waals surface area contributed by atoms with Gasteiger partial charge in [-0.1, -0.05) is 45.4 Å². The zero-order valence-corrected chi connectivity index (χ0v) is 9.11. The van der Waals surface area contributed by atoms with Crippen molar-refractivity contribution in [3.63, 3.8) is 0 Å². The van der Waals surface area contributed by atoms with Crippen LogP contribution in [0.5, 0.6) is 0 Å². The van der Waals surface area contributed by atoms with Crippen LogP contribution in [0.3, 0.4) is 0 Å². The molecule has 0 radical (unpaired) electrons. The van der Waals surface area contributed by atoms with Crippen molar-refractivity contribution >= 4 is 11.6 Å². The second-order valence-corrected chi connectivity index (χ2v) is 4.98. The van der Waals surface area contributed by atoms with E-state index in [1.807, 2.05) is 0 Å². The van der Waals surface area contributed by atoms with Crippen LogP contribution in [0, 0.1) is 11.8 Å². The molecule has 0 saturated heterocycles. The van der Waals surface area contributed by atoms with Crippen LogP contribution < -0.4 is 0 Å². The molecule has 1 aliphatic carbocycles. The minimum Gasteiger partial charge on any atom is -0.123 e.